The van der Waals surface area contributed by atoms with Crippen molar-refractivity contribution in [1.29, 1.82) is 0 Å². The summed E-state index contributed by atoms with van der Waals surface area (Å²) in [4.78, 5) is 0. The Balaban J connectivity index is 1.71. The van der Waals surface area contributed by atoms with Gasteiger partial charge in [0.25, 0.3) is 0 Å². The average molecular weight is 413 g/mol. The molecule has 1 rings (SSSR count). The molecular formula is C22H39NO4P+. The van der Waals surface area contributed by atoms with Gasteiger partial charge in [-0.05, 0) is 18.4 Å². The molecule has 0 aliphatic heterocycles. The van der Waals surface area contributed by atoms with Gasteiger partial charge < -0.3 is 10.5 Å². The predicted octanol–water partition coefficient (Wildman–Crippen LogP) is 6.14. The fourth-order valence-corrected chi connectivity index (χ4v) is 3.57. The normalized spacial score (nSPS) is 11.7. The lowest BCUT2D eigenvalue weighted by molar-refractivity contribution is 0.116. The first-order chi connectivity index (χ1) is 13.8. The maximum absolute atomic E-state index is 11.2. The fraction of sp³-hybridized carbons (Fsp3) is 0.727. The zero-order valence-electron chi connectivity index (χ0n) is 17.4. The molecule has 0 aliphatic rings. The van der Waals surface area contributed by atoms with Gasteiger partial charge in [-0.2, -0.15) is 0 Å². The van der Waals surface area contributed by atoms with Gasteiger partial charge in [-0.15, -0.1) is 9.05 Å². The Labute approximate surface area is 172 Å². The molecule has 6 heteroatoms. The Morgan fingerprint density at radius 2 is 1.18 bits per heavy atom. The van der Waals surface area contributed by atoms with Gasteiger partial charge in [-0.25, -0.2) is 0 Å². The lowest BCUT2D eigenvalue weighted by Crippen LogP contribution is -2.05. The third-order valence-electron chi connectivity index (χ3n) is 4.56. The van der Waals surface area contributed by atoms with Crippen LogP contribution in [0.25, 0.3) is 0 Å². The van der Waals surface area contributed by atoms with Crippen molar-refractivity contribution in [2.45, 2.75) is 77.2 Å². The minimum absolute atomic E-state index is 0.289. The summed E-state index contributed by atoms with van der Waals surface area (Å²) in [6.45, 7) is 2.76. The zero-order chi connectivity index (χ0) is 20.1. The van der Waals surface area contributed by atoms with E-state index in [9.17, 15) is 4.57 Å². The first-order valence-electron chi connectivity index (χ1n) is 10.9. The van der Waals surface area contributed by atoms with E-state index >= 15 is 0 Å². The van der Waals surface area contributed by atoms with Crippen LogP contribution < -0.4 is 5.73 Å². The Morgan fingerprint density at radius 1 is 0.679 bits per heavy atom. The van der Waals surface area contributed by atoms with Crippen LogP contribution in [0.4, 0.5) is 0 Å². The highest BCUT2D eigenvalue weighted by molar-refractivity contribution is 7.33. The molecule has 5 nitrogen and oxygen atoms in total. The second-order valence-electron chi connectivity index (χ2n) is 7.11. The summed E-state index contributed by atoms with van der Waals surface area (Å²) < 4.78 is 26.9. The maximum Gasteiger partial charge on any atom is 0.697 e. The van der Waals surface area contributed by atoms with Gasteiger partial charge in [0.1, 0.15) is 13.2 Å². The van der Waals surface area contributed by atoms with Gasteiger partial charge in [0, 0.05) is 17.7 Å². The molecule has 0 aromatic heterocycles. The van der Waals surface area contributed by atoms with Crippen molar-refractivity contribution in [1.82, 2.24) is 0 Å². The van der Waals surface area contributed by atoms with E-state index in [4.69, 9.17) is 19.5 Å². The number of hydrogen-bond donors (Lipinski definition) is 1. The molecule has 0 amide bonds. The van der Waals surface area contributed by atoms with Crippen LogP contribution >= 0.6 is 8.25 Å². The molecule has 0 heterocycles. The summed E-state index contributed by atoms with van der Waals surface area (Å²) in [5.74, 6) is 0. The molecule has 0 aliphatic carbocycles. The van der Waals surface area contributed by atoms with Crippen LogP contribution in [0, 0.1) is 0 Å². The summed E-state index contributed by atoms with van der Waals surface area (Å²) in [5.41, 5.74) is 6.52. The minimum atomic E-state index is -1.98. The summed E-state index contributed by atoms with van der Waals surface area (Å²) >= 11 is 0. The predicted molar refractivity (Wildman–Crippen MR) is 115 cm³/mol. The van der Waals surface area contributed by atoms with E-state index in [2.05, 4.69) is 24.3 Å². The second kappa shape index (κ2) is 19.5. The first kappa shape index (κ1) is 25.2. The Kier molecular flexibility index (Phi) is 17.5. The van der Waals surface area contributed by atoms with E-state index in [1.165, 1.54) is 56.9 Å². The standard InChI is InChI=1S/C22H39NO4P/c23-17-20-27-28(24)26-19-14-9-7-5-3-1-2-4-6-8-13-18-25-21-22-15-11-10-12-16-22/h10-12,15-16H,1-9,13-14,17-21,23H2/q+1. The third kappa shape index (κ3) is 16.1. The zero-order valence-corrected chi connectivity index (χ0v) is 18.3. The van der Waals surface area contributed by atoms with Crippen molar-refractivity contribution in [3.05, 3.63) is 35.9 Å². The van der Waals surface area contributed by atoms with Crippen molar-refractivity contribution in [3.63, 3.8) is 0 Å². The summed E-state index contributed by atoms with van der Waals surface area (Å²) in [5, 5.41) is 0. The summed E-state index contributed by atoms with van der Waals surface area (Å²) in [7, 11) is -1.98. The van der Waals surface area contributed by atoms with Crippen LogP contribution in [0.5, 0.6) is 0 Å². The molecule has 0 saturated heterocycles. The number of hydrogen-bond acceptors (Lipinski definition) is 5. The van der Waals surface area contributed by atoms with Crippen molar-refractivity contribution in [3.8, 4) is 0 Å². The highest BCUT2D eigenvalue weighted by Gasteiger charge is 2.18. The summed E-state index contributed by atoms with van der Waals surface area (Å²) in [6, 6.07) is 10.4. The van der Waals surface area contributed by atoms with Crippen LogP contribution in [0.3, 0.4) is 0 Å². The molecule has 0 radical (unpaired) electrons. The molecule has 28 heavy (non-hydrogen) atoms. The maximum atomic E-state index is 11.2. The van der Waals surface area contributed by atoms with Gasteiger partial charge in [0.05, 0.1) is 6.61 Å². The van der Waals surface area contributed by atoms with Gasteiger partial charge >= 0.3 is 8.25 Å². The second-order valence-corrected chi connectivity index (χ2v) is 8.07. The van der Waals surface area contributed by atoms with Crippen LogP contribution in [-0.2, 0) is 25.0 Å². The van der Waals surface area contributed by atoms with Crippen molar-refractivity contribution >= 4 is 8.25 Å². The van der Waals surface area contributed by atoms with Crippen LogP contribution in [0.15, 0.2) is 30.3 Å². The molecular weight excluding hydrogens is 373 g/mol. The quantitative estimate of drug-likeness (QED) is 0.206. The molecule has 1 aromatic rings. The Hall–Kier alpha value is -0.840. The van der Waals surface area contributed by atoms with Crippen LogP contribution in [0.2, 0.25) is 0 Å². The lowest BCUT2D eigenvalue weighted by Gasteiger charge is -2.05. The highest BCUT2D eigenvalue weighted by Crippen LogP contribution is 2.23. The van der Waals surface area contributed by atoms with E-state index in [-0.39, 0.29) is 6.61 Å². The van der Waals surface area contributed by atoms with Crippen molar-refractivity contribution in [2.24, 2.45) is 5.73 Å². The summed E-state index contributed by atoms with van der Waals surface area (Å²) in [6.07, 6.45) is 13.7. The highest BCUT2D eigenvalue weighted by atomic mass is 31.1. The van der Waals surface area contributed by atoms with E-state index < -0.39 is 8.25 Å². The van der Waals surface area contributed by atoms with Crippen LogP contribution in [-0.4, -0.2) is 26.4 Å². The van der Waals surface area contributed by atoms with E-state index in [1.807, 2.05) is 6.07 Å². The lowest BCUT2D eigenvalue weighted by atomic mass is 10.1. The molecule has 0 spiro atoms. The number of benzene rings is 1. The Bertz CT molecular complexity index is 473. The molecule has 1 atom stereocenters. The number of rotatable bonds is 20. The van der Waals surface area contributed by atoms with E-state index in [0.717, 1.165) is 32.5 Å². The largest absolute Gasteiger partial charge is 0.697 e. The number of unbranched alkanes of at least 4 members (excludes halogenated alkanes) is 10. The van der Waals surface area contributed by atoms with Crippen molar-refractivity contribution in [2.75, 3.05) is 26.4 Å². The molecule has 1 unspecified atom stereocenters. The fourth-order valence-electron chi connectivity index (χ4n) is 2.97. The molecule has 1 aromatic carbocycles. The molecule has 160 valence electrons. The topological polar surface area (TPSA) is 70.8 Å². The molecule has 0 fully saturated rings. The molecule has 0 saturated carbocycles. The van der Waals surface area contributed by atoms with Crippen LogP contribution in [0.1, 0.15) is 76.2 Å². The van der Waals surface area contributed by atoms with Gasteiger partial charge in [0.2, 0.25) is 0 Å². The van der Waals surface area contributed by atoms with E-state index in [1.54, 1.807) is 0 Å². The Morgan fingerprint density at radius 3 is 1.75 bits per heavy atom. The van der Waals surface area contributed by atoms with Gasteiger partial charge in [-0.3, -0.25) is 0 Å². The number of ether oxygens (including phenoxy) is 1. The molecule has 2 N–H and O–H groups in total. The van der Waals surface area contributed by atoms with E-state index in [0.29, 0.717) is 13.2 Å². The smallest absolute Gasteiger partial charge is 0.377 e. The minimum Gasteiger partial charge on any atom is -0.377 e. The monoisotopic (exact) mass is 412 g/mol. The van der Waals surface area contributed by atoms with Gasteiger partial charge in [-0.1, -0.05) is 88.1 Å². The molecule has 0 bridgehead atoms. The van der Waals surface area contributed by atoms with Crippen molar-refractivity contribution < 1.29 is 18.3 Å². The third-order valence-corrected chi connectivity index (χ3v) is 5.34. The number of nitrogens with two attached hydrogens (primary N) is 1. The van der Waals surface area contributed by atoms with Gasteiger partial charge in [0.15, 0.2) is 0 Å². The first-order valence-corrected chi connectivity index (χ1v) is 12.0. The average Bonchev–Trinajstić information content (AvgIpc) is 2.72. The SMILES string of the molecule is NCCO[P+](=O)OCCCCCCCCCCCCCOCc1ccccc1.